The van der Waals surface area contributed by atoms with Gasteiger partial charge in [-0.2, -0.15) is 0 Å². The molecule has 0 bridgehead atoms. The highest BCUT2D eigenvalue weighted by Crippen LogP contribution is 2.36. The average Bonchev–Trinajstić information content (AvgIpc) is 3.45. The lowest BCUT2D eigenvalue weighted by Crippen LogP contribution is -2.32. The van der Waals surface area contributed by atoms with Crippen LogP contribution < -0.4 is 10.9 Å². The standard InChI is InChI=1S/C24H24ClN3O3S/c25-16-8-11-19-20(13-16)27-24(28(23(19)30)14-18-7-4-12-31-18)32-21(15-5-2-1-3-6-15)22(29)26-17-9-10-17/h1-3,5-6,8,11,13,17-18,21H,4,7,9-10,12,14H2,(H,26,29). The molecule has 6 nitrogen and oxygen atoms in total. The van der Waals surface area contributed by atoms with Crippen molar-refractivity contribution in [3.8, 4) is 0 Å². The number of carbonyl (C=O) groups is 1. The Morgan fingerprint density at radius 1 is 1.22 bits per heavy atom. The van der Waals surface area contributed by atoms with E-state index in [0.29, 0.717) is 34.2 Å². The number of benzene rings is 2. The first-order valence-corrected chi connectivity index (χ1v) is 12.2. The van der Waals surface area contributed by atoms with Crippen molar-refractivity contribution in [2.45, 2.75) is 54.8 Å². The molecule has 1 N–H and O–H groups in total. The lowest BCUT2D eigenvalue weighted by Gasteiger charge is -2.21. The minimum Gasteiger partial charge on any atom is -0.376 e. The van der Waals surface area contributed by atoms with Gasteiger partial charge in [-0.3, -0.25) is 14.2 Å². The van der Waals surface area contributed by atoms with E-state index in [-0.39, 0.29) is 23.6 Å². The molecule has 2 aliphatic rings. The Morgan fingerprint density at radius 3 is 2.75 bits per heavy atom. The maximum absolute atomic E-state index is 13.4. The van der Waals surface area contributed by atoms with Crippen LogP contribution in [0.1, 0.15) is 36.5 Å². The third kappa shape index (κ3) is 4.70. The van der Waals surface area contributed by atoms with Crippen LogP contribution in [0.3, 0.4) is 0 Å². The van der Waals surface area contributed by atoms with Crippen LogP contribution >= 0.6 is 23.4 Å². The molecule has 1 aliphatic carbocycles. The topological polar surface area (TPSA) is 73.2 Å². The number of hydrogen-bond acceptors (Lipinski definition) is 5. The van der Waals surface area contributed by atoms with Crippen molar-refractivity contribution in [1.82, 2.24) is 14.9 Å². The Labute approximate surface area is 195 Å². The smallest absolute Gasteiger partial charge is 0.262 e. The number of nitrogens with one attached hydrogen (secondary N) is 1. The van der Waals surface area contributed by atoms with Crippen LogP contribution in [0.15, 0.2) is 58.5 Å². The zero-order valence-corrected chi connectivity index (χ0v) is 19.1. The molecule has 1 saturated heterocycles. The number of thioether (sulfide) groups is 1. The summed E-state index contributed by atoms with van der Waals surface area (Å²) in [6.07, 6.45) is 3.87. The molecule has 5 rings (SSSR count). The molecule has 2 fully saturated rings. The van der Waals surface area contributed by atoms with E-state index in [1.807, 2.05) is 30.3 Å². The van der Waals surface area contributed by atoms with Crippen LogP contribution in [0.2, 0.25) is 5.02 Å². The van der Waals surface area contributed by atoms with E-state index in [2.05, 4.69) is 5.32 Å². The van der Waals surface area contributed by atoms with Gasteiger partial charge >= 0.3 is 0 Å². The van der Waals surface area contributed by atoms with E-state index < -0.39 is 5.25 Å². The van der Waals surface area contributed by atoms with Gasteiger partial charge in [0, 0.05) is 17.7 Å². The number of fused-ring (bicyclic) bond motifs is 1. The number of aromatic nitrogens is 2. The van der Waals surface area contributed by atoms with E-state index in [1.165, 1.54) is 11.8 Å². The summed E-state index contributed by atoms with van der Waals surface area (Å²) in [6.45, 7) is 1.12. The molecule has 8 heteroatoms. The lowest BCUT2D eigenvalue weighted by atomic mass is 10.1. The molecule has 3 aromatic rings. The molecule has 166 valence electrons. The van der Waals surface area contributed by atoms with Crippen molar-refractivity contribution in [3.63, 3.8) is 0 Å². The summed E-state index contributed by atoms with van der Waals surface area (Å²) >= 11 is 7.48. The van der Waals surface area contributed by atoms with Gasteiger partial charge in [-0.25, -0.2) is 4.98 Å². The fourth-order valence-corrected chi connectivity index (χ4v) is 5.21. The summed E-state index contributed by atoms with van der Waals surface area (Å²) in [6, 6.07) is 15.0. The number of rotatable bonds is 7. The first-order valence-electron chi connectivity index (χ1n) is 10.9. The molecule has 2 heterocycles. The lowest BCUT2D eigenvalue weighted by molar-refractivity contribution is -0.120. The van der Waals surface area contributed by atoms with Gasteiger partial charge in [0.05, 0.1) is 23.6 Å². The average molecular weight is 470 g/mol. The summed E-state index contributed by atoms with van der Waals surface area (Å²) in [5.41, 5.74) is 1.27. The Hall–Kier alpha value is -2.35. The van der Waals surface area contributed by atoms with Crippen molar-refractivity contribution >= 4 is 40.2 Å². The van der Waals surface area contributed by atoms with Gasteiger partial charge in [-0.1, -0.05) is 53.7 Å². The fraction of sp³-hybridized carbons (Fsp3) is 0.375. The molecule has 1 amide bonds. The summed E-state index contributed by atoms with van der Waals surface area (Å²) in [7, 11) is 0. The summed E-state index contributed by atoms with van der Waals surface area (Å²) in [5.74, 6) is -0.0622. The minimum absolute atomic E-state index is 0.0333. The highest BCUT2D eigenvalue weighted by atomic mass is 35.5. The highest BCUT2D eigenvalue weighted by Gasteiger charge is 2.31. The summed E-state index contributed by atoms with van der Waals surface area (Å²) in [5, 5.41) is 4.11. The second-order valence-electron chi connectivity index (χ2n) is 8.30. The van der Waals surface area contributed by atoms with E-state index >= 15 is 0 Å². The Morgan fingerprint density at radius 2 is 2.03 bits per heavy atom. The SMILES string of the molecule is O=C(NC1CC1)C(Sc1nc2cc(Cl)ccc2c(=O)n1CC1CCCO1)c1ccccc1. The third-order valence-electron chi connectivity index (χ3n) is 5.78. The van der Waals surface area contributed by atoms with Crippen molar-refractivity contribution < 1.29 is 9.53 Å². The second-order valence-corrected chi connectivity index (χ2v) is 9.81. The van der Waals surface area contributed by atoms with Gasteiger partial charge < -0.3 is 10.1 Å². The summed E-state index contributed by atoms with van der Waals surface area (Å²) < 4.78 is 7.46. The van der Waals surface area contributed by atoms with Crippen molar-refractivity contribution in [2.75, 3.05) is 6.61 Å². The molecule has 1 aromatic heterocycles. The molecular weight excluding hydrogens is 446 g/mol. The predicted molar refractivity (Wildman–Crippen MR) is 126 cm³/mol. The molecule has 2 aromatic carbocycles. The van der Waals surface area contributed by atoms with Crippen LogP contribution in [0.5, 0.6) is 0 Å². The zero-order chi connectivity index (χ0) is 22.1. The van der Waals surface area contributed by atoms with Crippen LogP contribution in [0, 0.1) is 0 Å². The van der Waals surface area contributed by atoms with Crippen LogP contribution in [0.4, 0.5) is 0 Å². The van der Waals surface area contributed by atoms with Gasteiger partial charge in [-0.15, -0.1) is 0 Å². The Kier molecular flexibility index (Phi) is 6.22. The number of carbonyl (C=O) groups excluding carboxylic acids is 1. The normalized spacial score (nSPS) is 19.2. The quantitative estimate of drug-likeness (QED) is 0.411. The monoisotopic (exact) mass is 469 g/mol. The largest absolute Gasteiger partial charge is 0.376 e. The number of nitrogens with zero attached hydrogens (tertiary/aromatic N) is 2. The minimum atomic E-state index is -0.518. The first kappa shape index (κ1) is 21.5. The Balaban J connectivity index is 1.57. The second kappa shape index (κ2) is 9.25. The number of halogens is 1. The molecule has 2 unspecified atom stereocenters. The molecule has 0 radical (unpaired) electrons. The predicted octanol–water partition coefficient (Wildman–Crippen LogP) is 4.34. The molecule has 1 aliphatic heterocycles. The van der Waals surface area contributed by atoms with Crippen LogP contribution in [0.25, 0.3) is 10.9 Å². The highest BCUT2D eigenvalue weighted by molar-refractivity contribution is 8.00. The molecule has 1 saturated carbocycles. The van der Waals surface area contributed by atoms with Crippen LogP contribution in [-0.4, -0.2) is 34.2 Å². The van der Waals surface area contributed by atoms with E-state index in [4.69, 9.17) is 21.3 Å². The number of hydrogen-bond donors (Lipinski definition) is 1. The Bertz CT molecular complexity index is 1190. The van der Waals surface area contributed by atoms with Gasteiger partial charge in [0.25, 0.3) is 5.56 Å². The first-order chi connectivity index (χ1) is 15.6. The number of amides is 1. The van der Waals surface area contributed by atoms with Crippen molar-refractivity contribution in [2.24, 2.45) is 0 Å². The molecule has 2 atom stereocenters. The van der Waals surface area contributed by atoms with Gasteiger partial charge in [0.1, 0.15) is 5.25 Å². The van der Waals surface area contributed by atoms with Gasteiger partial charge in [0.15, 0.2) is 5.16 Å². The van der Waals surface area contributed by atoms with Gasteiger partial charge in [0.2, 0.25) is 5.91 Å². The molecule has 0 spiro atoms. The number of ether oxygens (including phenoxy) is 1. The molecular formula is C24H24ClN3O3S. The van der Waals surface area contributed by atoms with E-state index in [0.717, 1.165) is 31.2 Å². The van der Waals surface area contributed by atoms with Gasteiger partial charge in [-0.05, 0) is 49.4 Å². The van der Waals surface area contributed by atoms with E-state index in [1.54, 1.807) is 22.8 Å². The maximum Gasteiger partial charge on any atom is 0.262 e. The van der Waals surface area contributed by atoms with E-state index in [9.17, 15) is 9.59 Å². The van der Waals surface area contributed by atoms with Crippen molar-refractivity contribution in [3.05, 3.63) is 69.5 Å². The maximum atomic E-state index is 13.4. The van der Waals surface area contributed by atoms with Crippen molar-refractivity contribution in [1.29, 1.82) is 0 Å². The van der Waals surface area contributed by atoms with Crippen LogP contribution in [-0.2, 0) is 16.1 Å². The third-order valence-corrected chi connectivity index (χ3v) is 7.26. The fourth-order valence-electron chi connectivity index (χ4n) is 3.93. The summed E-state index contributed by atoms with van der Waals surface area (Å²) in [4.78, 5) is 31.4. The zero-order valence-electron chi connectivity index (χ0n) is 17.5. The molecule has 32 heavy (non-hydrogen) atoms.